The number of hydrogen-bond acceptors (Lipinski definition) is 5. The van der Waals surface area contributed by atoms with Gasteiger partial charge in [-0.2, -0.15) is 0 Å². The van der Waals surface area contributed by atoms with E-state index in [-0.39, 0.29) is 6.10 Å². The van der Waals surface area contributed by atoms with Crippen LogP contribution in [0.3, 0.4) is 0 Å². The molecule has 2 atom stereocenters. The second-order valence-corrected chi connectivity index (χ2v) is 4.67. The Morgan fingerprint density at radius 2 is 2.44 bits per heavy atom. The van der Waals surface area contributed by atoms with Crippen molar-refractivity contribution in [3.63, 3.8) is 0 Å². The molecule has 2 unspecified atom stereocenters. The first-order chi connectivity index (χ1) is 8.63. The highest BCUT2D eigenvalue weighted by Crippen LogP contribution is 2.28. The number of aliphatic hydroxyl groups is 1. The van der Waals surface area contributed by atoms with E-state index in [4.69, 9.17) is 10.5 Å². The average Bonchev–Trinajstić information content (AvgIpc) is 2.38. The summed E-state index contributed by atoms with van der Waals surface area (Å²) >= 11 is 0. The van der Waals surface area contributed by atoms with Gasteiger partial charge < -0.3 is 15.6 Å². The number of ether oxygens (including phenoxy) is 1. The SMILES string of the molecule is CCN1CCOC(C(O)c2c(C)ccnc2N)C1. The van der Waals surface area contributed by atoms with Gasteiger partial charge in [0.15, 0.2) is 0 Å². The molecule has 1 aliphatic rings. The van der Waals surface area contributed by atoms with E-state index in [1.54, 1.807) is 6.20 Å². The maximum absolute atomic E-state index is 10.4. The largest absolute Gasteiger partial charge is 0.385 e. The molecule has 0 amide bonds. The molecular weight excluding hydrogens is 230 g/mol. The Bertz CT molecular complexity index is 391. The van der Waals surface area contributed by atoms with Crippen molar-refractivity contribution in [1.29, 1.82) is 0 Å². The number of morpholine rings is 1. The Labute approximate surface area is 108 Å². The van der Waals surface area contributed by atoms with Crippen LogP contribution in [-0.4, -0.2) is 47.3 Å². The number of anilines is 1. The summed E-state index contributed by atoms with van der Waals surface area (Å²) in [6, 6.07) is 1.86. The Morgan fingerprint density at radius 1 is 1.67 bits per heavy atom. The fourth-order valence-corrected chi connectivity index (χ4v) is 2.37. The smallest absolute Gasteiger partial charge is 0.129 e. The fourth-order valence-electron chi connectivity index (χ4n) is 2.37. The van der Waals surface area contributed by atoms with E-state index in [0.717, 1.165) is 25.2 Å². The fraction of sp³-hybridized carbons (Fsp3) is 0.615. The second kappa shape index (κ2) is 5.65. The van der Waals surface area contributed by atoms with E-state index in [0.29, 0.717) is 18.0 Å². The molecule has 3 N–H and O–H groups in total. The zero-order chi connectivity index (χ0) is 13.1. The number of hydrogen-bond donors (Lipinski definition) is 2. The van der Waals surface area contributed by atoms with Gasteiger partial charge in [-0.3, -0.25) is 4.90 Å². The normalized spacial score (nSPS) is 22.9. The summed E-state index contributed by atoms with van der Waals surface area (Å²) in [6.07, 6.45) is 0.706. The molecule has 1 aromatic heterocycles. The minimum Gasteiger partial charge on any atom is -0.385 e. The van der Waals surface area contributed by atoms with Crippen LogP contribution in [0.5, 0.6) is 0 Å². The summed E-state index contributed by atoms with van der Waals surface area (Å²) in [4.78, 5) is 6.31. The zero-order valence-corrected chi connectivity index (χ0v) is 11.0. The van der Waals surface area contributed by atoms with Crippen molar-refractivity contribution in [2.45, 2.75) is 26.1 Å². The molecule has 0 bridgehead atoms. The van der Waals surface area contributed by atoms with Gasteiger partial charge in [-0.05, 0) is 25.1 Å². The molecule has 0 radical (unpaired) electrons. The van der Waals surface area contributed by atoms with Gasteiger partial charge in [0, 0.05) is 24.8 Å². The van der Waals surface area contributed by atoms with E-state index in [1.165, 1.54) is 0 Å². The van der Waals surface area contributed by atoms with E-state index in [2.05, 4.69) is 16.8 Å². The Morgan fingerprint density at radius 3 is 3.11 bits per heavy atom. The van der Waals surface area contributed by atoms with Gasteiger partial charge in [0.25, 0.3) is 0 Å². The standard InChI is InChI=1S/C13H21N3O2/c1-3-16-6-7-18-10(8-16)12(17)11-9(2)4-5-15-13(11)14/h4-5,10,12,17H,3,6-8H2,1-2H3,(H2,14,15). The Kier molecular flexibility index (Phi) is 4.16. The first-order valence-electron chi connectivity index (χ1n) is 6.36. The zero-order valence-electron chi connectivity index (χ0n) is 11.0. The summed E-state index contributed by atoms with van der Waals surface area (Å²) < 4.78 is 5.66. The lowest BCUT2D eigenvalue weighted by Crippen LogP contribution is -2.45. The number of likely N-dealkylation sites (N-methyl/N-ethyl adjacent to an activating group) is 1. The lowest BCUT2D eigenvalue weighted by atomic mass is 9.99. The van der Waals surface area contributed by atoms with Gasteiger partial charge in [0.2, 0.25) is 0 Å². The van der Waals surface area contributed by atoms with Crippen LogP contribution in [0.4, 0.5) is 5.82 Å². The van der Waals surface area contributed by atoms with Crippen LogP contribution < -0.4 is 5.73 Å². The van der Waals surface area contributed by atoms with Crippen LogP contribution >= 0.6 is 0 Å². The number of aliphatic hydroxyl groups excluding tert-OH is 1. The maximum atomic E-state index is 10.4. The van der Waals surface area contributed by atoms with Crippen molar-refractivity contribution in [2.24, 2.45) is 0 Å². The van der Waals surface area contributed by atoms with Gasteiger partial charge in [0.05, 0.1) is 6.61 Å². The second-order valence-electron chi connectivity index (χ2n) is 4.67. The summed E-state index contributed by atoms with van der Waals surface area (Å²) in [6.45, 7) is 7.30. The molecule has 1 saturated heterocycles. The molecule has 0 spiro atoms. The molecule has 5 heteroatoms. The number of nitrogens with zero attached hydrogens (tertiary/aromatic N) is 2. The summed E-state index contributed by atoms with van der Waals surface area (Å²) in [5.74, 6) is 0.389. The number of rotatable bonds is 3. The van der Waals surface area contributed by atoms with E-state index in [1.807, 2.05) is 13.0 Å². The van der Waals surface area contributed by atoms with Crippen molar-refractivity contribution >= 4 is 5.82 Å². The van der Waals surface area contributed by atoms with Crippen LogP contribution in [-0.2, 0) is 4.74 Å². The molecule has 1 aromatic rings. The van der Waals surface area contributed by atoms with Gasteiger partial charge >= 0.3 is 0 Å². The van der Waals surface area contributed by atoms with E-state index in [9.17, 15) is 5.11 Å². The Hall–Kier alpha value is -1.17. The van der Waals surface area contributed by atoms with Gasteiger partial charge in [-0.1, -0.05) is 6.92 Å². The molecule has 18 heavy (non-hydrogen) atoms. The molecule has 2 heterocycles. The van der Waals surface area contributed by atoms with Crippen LogP contribution in [0.25, 0.3) is 0 Å². The maximum Gasteiger partial charge on any atom is 0.129 e. The number of pyridine rings is 1. The summed E-state index contributed by atoms with van der Waals surface area (Å²) in [5.41, 5.74) is 7.50. The molecule has 0 aliphatic carbocycles. The molecule has 0 saturated carbocycles. The van der Waals surface area contributed by atoms with Crippen molar-refractivity contribution < 1.29 is 9.84 Å². The Balaban J connectivity index is 2.17. The number of aromatic nitrogens is 1. The molecule has 2 rings (SSSR count). The third-order valence-corrected chi connectivity index (χ3v) is 3.51. The monoisotopic (exact) mass is 251 g/mol. The highest BCUT2D eigenvalue weighted by molar-refractivity contribution is 5.45. The highest BCUT2D eigenvalue weighted by atomic mass is 16.5. The molecular formula is C13H21N3O2. The van der Waals surface area contributed by atoms with Gasteiger partial charge in [-0.25, -0.2) is 4.98 Å². The molecule has 1 fully saturated rings. The predicted molar refractivity (Wildman–Crippen MR) is 70.2 cm³/mol. The highest BCUT2D eigenvalue weighted by Gasteiger charge is 2.29. The van der Waals surface area contributed by atoms with Crippen molar-refractivity contribution in [3.8, 4) is 0 Å². The third kappa shape index (κ3) is 2.63. The van der Waals surface area contributed by atoms with Gasteiger partial charge in [-0.15, -0.1) is 0 Å². The van der Waals surface area contributed by atoms with Crippen molar-refractivity contribution in [1.82, 2.24) is 9.88 Å². The van der Waals surface area contributed by atoms with Gasteiger partial charge in [0.1, 0.15) is 18.0 Å². The third-order valence-electron chi connectivity index (χ3n) is 3.51. The van der Waals surface area contributed by atoms with Crippen LogP contribution in [0.15, 0.2) is 12.3 Å². The lowest BCUT2D eigenvalue weighted by molar-refractivity contribution is -0.0889. The number of aryl methyl sites for hydroxylation is 1. The quantitative estimate of drug-likeness (QED) is 0.828. The van der Waals surface area contributed by atoms with Crippen molar-refractivity contribution in [3.05, 3.63) is 23.4 Å². The number of nitrogens with two attached hydrogens (primary N) is 1. The van der Waals surface area contributed by atoms with E-state index < -0.39 is 6.10 Å². The molecule has 5 nitrogen and oxygen atoms in total. The lowest BCUT2D eigenvalue weighted by Gasteiger charge is -2.35. The summed E-state index contributed by atoms with van der Waals surface area (Å²) in [7, 11) is 0. The summed E-state index contributed by atoms with van der Waals surface area (Å²) in [5, 5.41) is 10.4. The van der Waals surface area contributed by atoms with Crippen LogP contribution in [0.2, 0.25) is 0 Å². The van der Waals surface area contributed by atoms with Crippen LogP contribution in [0, 0.1) is 6.92 Å². The van der Waals surface area contributed by atoms with Crippen molar-refractivity contribution in [2.75, 3.05) is 32.0 Å². The minimum atomic E-state index is -0.715. The number of nitrogen functional groups attached to an aromatic ring is 1. The molecule has 0 aromatic carbocycles. The molecule has 100 valence electrons. The predicted octanol–water partition coefficient (Wildman–Crippen LogP) is 0.726. The molecule has 1 aliphatic heterocycles. The minimum absolute atomic E-state index is 0.233. The average molecular weight is 251 g/mol. The first-order valence-corrected chi connectivity index (χ1v) is 6.36. The topological polar surface area (TPSA) is 71.6 Å². The van der Waals surface area contributed by atoms with E-state index >= 15 is 0 Å². The first kappa shape index (κ1) is 13.3. The van der Waals surface area contributed by atoms with Crippen LogP contribution in [0.1, 0.15) is 24.2 Å².